The van der Waals surface area contributed by atoms with Gasteiger partial charge in [-0.05, 0) is 122 Å². The Hall–Kier alpha value is -7.16. The summed E-state index contributed by atoms with van der Waals surface area (Å²) in [5.41, 5.74) is 17.1. The molecule has 0 unspecified atom stereocenters. The second-order valence-electron chi connectivity index (χ2n) is 15.8. The summed E-state index contributed by atoms with van der Waals surface area (Å²) in [6, 6.07) is 75.6. The highest BCUT2D eigenvalue weighted by Crippen LogP contribution is 2.51. The van der Waals surface area contributed by atoms with Gasteiger partial charge in [-0.15, -0.1) is 0 Å². The molecule has 1 heterocycles. The Balaban J connectivity index is 1.06. The molecule has 0 spiro atoms. The van der Waals surface area contributed by atoms with Crippen molar-refractivity contribution in [1.29, 1.82) is 0 Å². The monoisotopic (exact) mass is 728 g/mol. The van der Waals surface area contributed by atoms with Crippen molar-refractivity contribution in [3.8, 4) is 39.1 Å². The predicted molar refractivity (Wildman–Crippen MR) is 241 cm³/mol. The zero-order valence-corrected chi connectivity index (χ0v) is 32.0. The van der Waals surface area contributed by atoms with Gasteiger partial charge in [0.05, 0.1) is 11.0 Å². The fourth-order valence-corrected chi connectivity index (χ4v) is 9.38. The third-order valence-corrected chi connectivity index (χ3v) is 12.2. The lowest BCUT2D eigenvalue weighted by molar-refractivity contribution is 0.660. The van der Waals surface area contributed by atoms with E-state index >= 15 is 0 Å². The number of hydrogen-bond acceptors (Lipinski definition) is 1. The summed E-state index contributed by atoms with van der Waals surface area (Å²) in [6.45, 7) is 4.71. The summed E-state index contributed by atoms with van der Waals surface area (Å²) in [6.07, 6.45) is 0. The number of aromatic nitrogens is 1. The SMILES string of the molecule is CC1(C)c2ccccc2-c2ccc(N(c3ccc(-c4cccc5ccccc45)cc3)c3cccc(-c4ccc5c(c4)c4ccccc4n5-c4ccccc4)c3)cc21. The van der Waals surface area contributed by atoms with Crippen LogP contribution in [-0.2, 0) is 5.41 Å². The van der Waals surface area contributed by atoms with E-state index in [-0.39, 0.29) is 5.41 Å². The Labute approximate surface area is 333 Å². The van der Waals surface area contributed by atoms with E-state index in [2.05, 4.69) is 230 Å². The van der Waals surface area contributed by atoms with E-state index in [0.717, 1.165) is 17.1 Å². The molecule has 0 saturated heterocycles. The van der Waals surface area contributed by atoms with Gasteiger partial charge in [-0.25, -0.2) is 0 Å². The zero-order valence-electron chi connectivity index (χ0n) is 32.0. The van der Waals surface area contributed by atoms with Crippen LogP contribution < -0.4 is 4.90 Å². The lowest BCUT2D eigenvalue weighted by atomic mass is 9.82. The molecule has 0 radical (unpaired) electrons. The molecule has 2 nitrogen and oxygen atoms in total. The molecular weight excluding hydrogens is 689 g/mol. The van der Waals surface area contributed by atoms with E-state index in [1.807, 2.05) is 0 Å². The van der Waals surface area contributed by atoms with E-state index in [1.165, 1.54) is 82.8 Å². The topological polar surface area (TPSA) is 8.17 Å². The van der Waals surface area contributed by atoms with Crippen LogP contribution in [0.1, 0.15) is 25.0 Å². The predicted octanol–water partition coefficient (Wildman–Crippen LogP) is 15.0. The zero-order chi connectivity index (χ0) is 38.1. The molecule has 2 heteroatoms. The van der Waals surface area contributed by atoms with Gasteiger partial charge in [0, 0.05) is 38.9 Å². The standard InChI is InChI=1S/C55H40N2/c1-55(2)51-24-10-8-21-47(51)48-32-31-44(36-52(48)55)56(42-29-26-38(27-30-42)46-23-13-15-37-14-6-7-20-45(37)46)43-19-12-16-39(34-43)40-28-33-54-50(35-40)49-22-9-11-25-53(49)57(54)41-17-4-3-5-18-41/h3-36H,1-2H3. The van der Waals surface area contributed by atoms with E-state index in [9.17, 15) is 0 Å². The number of benzene rings is 9. The van der Waals surface area contributed by atoms with Crippen LogP contribution in [0.4, 0.5) is 17.1 Å². The van der Waals surface area contributed by atoms with Gasteiger partial charge in [0.15, 0.2) is 0 Å². The smallest absolute Gasteiger partial charge is 0.0541 e. The van der Waals surface area contributed by atoms with Gasteiger partial charge in [0.2, 0.25) is 0 Å². The van der Waals surface area contributed by atoms with Crippen molar-refractivity contribution in [3.05, 3.63) is 217 Å². The Morgan fingerprint density at radius 3 is 1.86 bits per heavy atom. The normalized spacial score (nSPS) is 12.9. The second kappa shape index (κ2) is 13.0. The largest absolute Gasteiger partial charge is 0.310 e. The highest BCUT2D eigenvalue weighted by atomic mass is 15.1. The van der Waals surface area contributed by atoms with Crippen LogP contribution in [0.3, 0.4) is 0 Å². The van der Waals surface area contributed by atoms with Crippen LogP contribution in [0.25, 0.3) is 71.6 Å². The number of fused-ring (bicyclic) bond motifs is 7. The van der Waals surface area contributed by atoms with Crippen molar-refractivity contribution >= 4 is 49.6 Å². The summed E-state index contributed by atoms with van der Waals surface area (Å²) in [7, 11) is 0. The average molecular weight is 729 g/mol. The van der Waals surface area contributed by atoms with Crippen molar-refractivity contribution in [1.82, 2.24) is 4.57 Å². The van der Waals surface area contributed by atoms with E-state index < -0.39 is 0 Å². The summed E-state index contributed by atoms with van der Waals surface area (Å²) >= 11 is 0. The quantitative estimate of drug-likeness (QED) is 0.165. The third-order valence-electron chi connectivity index (χ3n) is 12.2. The van der Waals surface area contributed by atoms with E-state index in [0.29, 0.717) is 0 Å². The molecule has 0 bridgehead atoms. The molecule has 1 aromatic heterocycles. The highest BCUT2D eigenvalue weighted by Gasteiger charge is 2.35. The first-order chi connectivity index (χ1) is 28.0. The highest BCUT2D eigenvalue weighted by molar-refractivity contribution is 6.10. The molecule has 11 rings (SSSR count). The molecule has 10 aromatic rings. The third kappa shape index (κ3) is 5.33. The van der Waals surface area contributed by atoms with Crippen LogP contribution in [0.15, 0.2) is 206 Å². The van der Waals surface area contributed by atoms with Crippen molar-refractivity contribution in [2.24, 2.45) is 0 Å². The molecule has 0 saturated carbocycles. The Bertz CT molecular complexity index is 3140. The van der Waals surface area contributed by atoms with Gasteiger partial charge in [0.1, 0.15) is 0 Å². The minimum atomic E-state index is -0.109. The van der Waals surface area contributed by atoms with Gasteiger partial charge >= 0.3 is 0 Å². The summed E-state index contributed by atoms with van der Waals surface area (Å²) < 4.78 is 2.38. The number of nitrogens with zero attached hydrogens (tertiary/aromatic N) is 2. The van der Waals surface area contributed by atoms with Crippen molar-refractivity contribution < 1.29 is 0 Å². The van der Waals surface area contributed by atoms with Crippen LogP contribution in [0.2, 0.25) is 0 Å². The summed E-state index contributed by atoms with van der Waals surface area (Å²) in [5, 5.41) is 5.02. The summed E-state index contributed by atoms with van der Waals surface area (Å²) in [5.74, 6) is 0. The minimum absolute atomic E-state index is 0.109. The fourth-order valence-electron chi connectivity index (χ4n) is 9.38. The van der Waals surface area contributed by atoms with E-state index in [4.69, 9.17) is 0 Å². The number of hydrogen-bond donors (Lipinski definition) is 0. The van der Waals surface area contributed by atoms with E-state index in [1.54, 1.807) is 0 Å². The molecule has 57 heavy (non-hydrogen) atoms. The molecule has 9 aromatic carbocycles. The Morgan fingerprint density at radius 1 is 0.368 bits per heavy atom. The molecule has 0 amide bonds. The maximum Gasteiger partial charge on any atom is 0.0541 e. The van der Waals surface area contributed by atoms with Crippen LogP contribution in [0, 0.1) is 0 Å². The van der Waals surface area contributed by atoms with Crippen molar-refractivity contribution in [2.75, 3.05) is 4.90 Å². The number of para-hydroxylation sites is 2. The van der Waals surface area contributed by atoms with Crippen molar-refractivity contribution in [3.63, 3.8) is 0 Å². The summed E-state index contributed by atoms with van der Waals surface area (Å²) in [4.78, 5) is 2.43. The fraction of sp³-hybridized carbons (Fsp3) is 0.0545. The molecule has 1 aliphatic rings. The first-order valence-corrected chi connectivity index (χ1v) is 19.8. The molecule has 0 fully saturated rings. The first-order valence-electron chi connectivity index (χ1n) is 19.8. The molecule has 0 N–H and O–H groups in total. The van der Waals surface area contributed by atoms with Gasteiger partial charge in [-0.2, -0.15) is 0 Å². The van der Waals surface area contributed by atoms with Gasteiger partial charge < -0.3 is 9.47 Å². The maximum absolute atomic E-state index is 2.43. The minimum Gasteiger partial charge on any atom is -0.310 e. The molecule has 0 atom stereocenters. The molecule has 270 valence electrons. The average Bonchev–Trinajstić information content (AvgIpc) is 3.72. The van der Waals surface area contributed by atoms with Crippen LogP contribution >= 0.6 is 0 Å². The second-order valence-corrected chi connectivity index (χ2v) is 15.8. The number of rotatable bonds is 6. The van der Waals surface area contributed by atoms with Gasteiger partial charge in [0.25, 0.3) is 0 Å². The molecular formula is C55H40N2. The van der Waals surface area contributed by atoms with Gasteiger partial charge in [-0.3, -0.25) is 0 Å². The maximum atomic E-state index is 2.43. The molecule has 1 aliphatic carbocycles. The van der Waals surface area contributed by atoms with Gasteiger partial charge in [-0.1, -0.05) is 153 Å². The van der Waals surface area contributed by atoms with Crippen LogP contribution in [0.5, 0.6) is 0 Å². The number of anilines is 3. The molecule has 0 aliphatic heterocycles. The lowest BCUT2D eigenvalue weighted by Gasteiger charge is -2.28. The van der Waals surface area contributed by atoms with Crippen molar-refractivity contribution in [2.45, 2.75) is 19.3 Å². The Morgan fingerprint density at radius 2 is 0.982 bits per heavy atom. The van der Waals surface area contributed by atoms with Crippen LogP contribution in [-0.4, -0.2) is 4.57 Å². The first kappa shape index (κ1) is 33.2. The lowest BCUT2D eigenvalue weighted by Crippen LogP contribution is -2.16. The Kier molecular flexibility index (Phi) is 7.55.